The number of nitrogens with one attached hydrogen (secondary N) is 1. The number of pyridine rings is 1. The molecule has 0 saturated heterocycles. The summed E-state index contributed by atoms with van der Waals surface area (Å²) in [6.45, 7) is 1.15. The minimum atomic E-state index is -0.899. The number of benzene rings is 1. The van der Waals surface area contributed by atoms with Gasteiger partial charge in [0, 0.05) is 24.8 Å². The first kappa shape index (κ1) is 15.6. The molecule has 1 heterocycles. The van der Waals surface area contributed by atoms with Gasteiger partial charge >= 0.3 is 5.97 Å². The van der Waals surface area contributed by atoms with Crippen LogP contribution in [0, 0.1) is 5.82 Å². The number of carboxylic acid groups (broad SMARTS) is 1. The van der Waals surface area contributed by atoms with Crippen LogP contribution in [-0.4, -0.2) is 22.6 Å². The van der Waals surface area contributed by atoms with E-state index in [9.17, 15) is 9.18 Å². The van der Waals surface area contributed by atoms with Crippen molar-refractivity contribution in [1.82, 2.24) is 10.3 Å². The molecule has 0 saturated carbocycles. The maximum atomic E-state index is 13.6. The second-order valence-electron chi connectivity index (χ2n) is 5.91. The van der Waals surface area contributed by atoms with Crippen molar-refractivity contribution in [3.05, 3.63) is 64.7 Å². The molecule has 1 aromatic heterocycles. The van der Waals surface area contributed by atoms with Crippen LogP contribution in [0.25, 0.3) is 0 Å². The molecule has 2 N–H and O–H groups in total. The second-order valence-corrected chi connectivity index (χ2v) is 5.91. The van der Waals surface area contributed by atoms with Crippen molar-refractivity contribution >= 4 is 5.97 Å². The van der Waals surface area contributed by atoms with Gasteiger partial charge in [-0.1, -0.05) is 6.07 Å². The topological polar surface area (TPSA) is 62.2 Å². The van der Waals surface area contributed by atoms with E-state index in [2.05, 4.69) is 10.3 Å². The largest absolute Gasteiger partial charge is 0.478 e. The molecule has 0 radical (unpaired) electrons. The summed E-state index contributed by atoms with van der Waals surface area (Å²) in [5.41, 5.74) is 3.26. The highest BCUT2D eigenvalue weighted by atomic mass is 19.1. The van der Waals surface area contributed by atoms with Gasteiger partial charge in [0.1, 0.15) is 5.82 Å². The van der Waals surface area contributed by atoms with Crippen LogP contribution >= 0.6 is 0 Å². The van der Waals surface area contributed by atoms with Crippen LogP contribution < -0.4 is 5.32 Å². The molecular weight excluding hydrogens is 295 g/mol. The molecule has 1 unspecified atom stereocenters. The Morgan fingerprint density at radius 3 is 3.04 bits per heavy atom. The van der Waals surface area contributed by atoms with Crippen molar-refractivity contribution < 1.29 is 14.3 Å². The summed E-state index contributed by atoms with van der Waals surface area (Å²) in [6.07, 6.45) is 5.89. The van der Waals surface area contributed by atoms with Gasteiger partial charge in [-0.15, -0.1) is 0 Å². The van der Waals surface area contributed by atoms with Crippen LogP contribution in [0.1, 0.15) is 45.8 Å². The second kappa shape index (κ2) is 6.87. The number of nitrogens with zero attached hydrogens (tertiary/aromatic N) is 1. The number of rotatable bonds is 5. The number of aromatic nitrogens is 1. The number of aromatic carboxylic acids is 1. The lowest BCUT2D eigenvalue weighted by Gasteiger charge is -2.26. The fraction of sp³-hybridized carbons (Fsp3) is 0.333. The molecule has 120 valence electrons. The Morgan fingerprint density at radius 1 is 1.39 bits per heavy atom. The summed E-state index contributed by atoms with van der Waals surface area (Å²) in [5.74, 6) is -0.941. The molecule has 1 atom stereocenters. The van der Waals surface area contributed by atoms with E-state index in [1.165, 1.54) is 11.8 Å². The molecule has 23 heavy (non-hydrogen) atoms. The highest BCUT2D eigenvalue weighted by molar-refractivity contribution is 5.88. The van der Waals surface area contributed by atoms with E-state index in [4.69, 9.17) is 5.11 Å². The monoisotopic (exact) mass is 314 g/mol. The first-order chi connectivity index (χ1) is 11.1. The van der Waals surface area contributed by atoms with Crippen molar-refractivity contribution in [2.24, 2.45) is 0 Å². The smallest absolute Gasteiger partial charge is 0.335 e. The molecule has 2 aromatic rings. The van der Waals surface area contributed by atoms with E-state index in [0.29, 0.717) is 24.2 Å². The normalized spacial score (nSPS) is 16.8. The summed E-state index contributed by atoms with van der Waals surface area (Å²) in [5, 5.41) is 12.5. The molecule has 5 heteroatoms. The Kier molecular flexibility index (Phi) is 4.67. The van der Waals surface area contributed by atoms with Crippen molar-refractivity contribution in [2.75, 3.05) is 6.54 Å². The van der Waals surface area contributed by atoms with Crippen LogP contribution in [0.2, 0.25) is 0 Å². The lowest BCUT2D eigenvalue weighted by molar-refractivity contribution is 0.0696. The molecule has 1 aliphatic rings. The summed E-state index contributed by atoms with van der Waals surface area (Å²) < 4.78 is 13.6. The Morgan fingerprint density at radius 2 is 2.26 bits per heavy atom. The molecule has 0 fully saturated rings. The number of carboxylic acids is 1. The lowest BCUT2D eigenvalue weighted by Crippen LogP contribution is -2.25. The minimum Gasteiger partial charge on any atom is -0.478 e. The van der Waals surface area contributed by atoms with E-state index in [0.717, 1.165) is 24.8 Å². The minimum absolute atomic E-state index is 0.267. The Hall–Kier alpha value is -2.27. The van der Waals surface area contributed by atoms with E-state index in [1.807, 2.05) is 6.07 Å². The molecule has 4 nitrogen and oxygen atoms in total. The van der Waals surface area contributed by atoms with Gasteiger partial charge in [0.15, 0.2) is 0 Å². The molecule has 0 bridgehead atoms. The van der Waals surface area contributed by atoms with Crippen molar-refractivity contribution in [3.63, 3.8) is 0 Å². The maximum absolute atomic E-state index is 13.6. The van der Waals surface area contributed by atoms with Crippen LogP contribution in [0.5, 0.6) is 0 Å². The van der Waals surface area contributed by atoms with Gasteiger partial charge in [-0.25, -0.2) is 9.18 Å². The summed E-state index contributed by atoms with van der Waals surface area (Å²) in [7, 11) is 0. The van der Waals surface area contributed by atoms with Gasteiger partial charge in [-0.2, -0.15) is 0 Å². The summed E-state index contributed by atoms with van der Waals surface area (Å²) in [6, 6.07) is 7.05. The van der Waals surface area contributed by atoms with E-state index in [1.54, 1.807) is 24.4 Å². The zero-order valence-electron chi connectivity index (χ0n) is 12.8. The van der Waals surface area contributed by atoms with Gasteiger partial charge in [0.25, 0.3) is 0 Å². The highest BCUT2D eigenvalue weighted by Gasteiger charge is 2.21. The third kappa shape index (κ3) is 3.56. The van der Waals surface area contributed by atoms with Crippen LogP contribution in [0.3, 0.4) is 0 Å². The fourth-order valence-electron chi connectivity index (χ4n) is 3.17. The van der Waals surface area contributed by atoms with Gasteiger partial charge in [0.05, 0.1) is 11.8 Å². The van der Waals surface area contributed by atoms with Crippen molar-refractivity contribution in [1.29, 1.82) is 0 Å². The predicted molar refractivity (Wildman–Crippen MR) is 85.0 cm³/mol. The average molecular weight is 314 g/mol. The first-order valence-corrected chi connectivity index (χ1v) is 7.80. The van der Waals surface area contributed by atoms with Gasteiger partial charge in [-0.3, -0.25) is 4.98 Å². The van der Waals surface area contributed by atoms with Gasteiger partial charge < -0.3 is 10.4 Å². The SMILES string of the molecule is O=C(O)c1ccc2c(c1)C(CNCc1ccncc1F)CCC2. The maximum Gasteiger partial charge on any atom is 0.335 e. The first-order valence-electron chi connectivity index (χ1n) is 7.80. The van der Waals surface area contributed by atoms with E-state index >= 15 is 0 Å². The molecule has 0 aliphatic heterocycles. The van der Waals surface area contributed by atoms with Crippen molar-refractivity contribution in [2.45, 2.75) is 31.7 Å². The average Bonchev–Trinajstić information content (AvgIpc) is 2.56. The Bertz CT molecular complexity index is 718. The third-order valence-corrected chi connectivity index (χ3v) is 4.39. The van der Waals surface area contributed by atoms with Crippen LogP contribution in [-0.2, 0) is 13.0 Å². The summed E-state index contributed by atoms with van der Waals surface area (Å²) in [4.78, 5) is 14.9. The third-order valence-electron chi connectivity index (χ3n) is 4.39. The number of fused-ring (bicyclic) bond motifs is 1. The molecular formula is C18H19FN2O2. The fourth-order valence-corrected chi connectivity index (χ4v) is 3.17. The lowest BCUT2D eigenvalue weighted by atomic mass is 9.82. The molecule has 3 rings (SSSR count). The number of hydrogen-bond donors (Lipinski definition) is 2. The van der Waals surface area contributed by atoms with E-state index in [-0.39, 0.29) is 11.7 Å². The summed E-state index contributed by atoms with van der Waals surface area (Å²) >= 11 is 0. The quantitative estimate of drug-likeness (QED) is 0.890. The Labute approximate surface area is 134 Å². The van der Waals surface area contributed by atoms with Crippen LogP contribution in [0.4, 0.5) is 4.39 Å². The van der Waals surface area contributed by atoms with Gasteiger partial charge in [0.2, 0.25) is 0 Å². The number of hydrogen-bond acceptors (Lipinski definition) is 3. The predicted octanol–water partition coefficient (Wildman–Crippen LogP) is 3.13. The molecule has 1 aliphatic carbocycles. The zero-order valence-corrected chi connectivity index (χ0v) is 12.8. The number of aryl methyl sites for hydroxylation is 1. The zero-order chi connectivity index (χ0) is 16.2. The Balaban J connectivity index is 1.69. The number of halogens is 1. The molecule has 0 amide bonds. The van der Waals surface area contributed by atoms with E-state index < -0.39 is 5.97 Å². The van der Waals surface area contributed by atoms with Crippen molar-refractivity contribution in [3.8, 4) is 0 Å². The standard InChI is InChI=1S/C18H19FN2O2/c19-17-11-20-7-6-15(17)10-21-9-14-3-1-2-12-4-5-13(18(22)23)8-16(12)14/h4-8,11,14,21H,1-3,9-10H2,(H,22,23). The van der Waals surface area contributed by atoms with Gasteiger partial charge in [-0.05, 0) is 54.5 Å². The molecule has 1 aromatic carbocycles. The number of carbonyl (C=O) groups is 1. The highest BCUT2D eigenvalue weighted by Crippen LogP contribution is 2.32. The van der Waals surface area contributed by atoms with Crippen LogP contribution in [0.15, 0.2) is 36.7 Å². The molecule has 0 spiro atoms.